The van der Waals surface area contributed by atoms with E-state index in [0.29, 0.717) is 16.8 Å². The predicted octanol–water partition coefficient (Wildman–Crippen LogP) is 6.09. The third-order valence-electron chi connectivity index (χ3n) is 5.87. The van der Waals surface area contributed by atoms with Crippen molar-refractivity contribution in [2.45, 2.75) is 38.3 Å². The zero-order valence-electron chi connectivity index (χ0n) is 19.4. The highest BCUT2D eigenvalue weighted by Crippen LogP contribution is 2.31. The normalized spacial score (nSPS) is 14.6. The Kier molecular flexibility index (Phi) is 7.82. The number of carboxylic acids is 1. The average Bonchev–Trinajstić information content (AvgIpc) is 2.78. The number of carbonyl (C=O) groups is 2. The summed E-state index contributed by atoms with van der Waals surface area (Å²) in [6.45, 7) is 0. The van der Waals surface area contributed by atoms with Crippen LogP contribution in [0.5, 0.6) is 0 Å². The molecule has 0 spiro atoms. The van der Waals surface area contributed by atoms with E-state index in [1.54, 1.807) is 6.20 Å². The van der Waals surface area contributed by atoms with E-state index in [9.17, 15) is 18.0 Å². The van der Waals surface area contributed by atoms with Crippen molar-refractivity contribution in [2.75, 3.05) is 16.0 Å². The molecule has 0 saturated heterocycles. The van der Waals surface area contributed by atoms with Gasteiger partial charge < -0.3 is 21.1 Å². The molecule has 12 heteroatoms. The van der Waals surface area contributed by atoms with Gasteiger partial charge in [-0.15, -0.1) is 0 Å². The molecule has 2 aromatic carbocycles. The van der Waals surface area contributed by atoms with E-state index < -0.39 is 12.1 Å². The number of fused-ring (bicyclic) bond motifs is 6. The molecule has 6 bridgehead atoms. The van der Waals surface area contributed by atoms with Crippen molar-refractivity contribution in [2.24, 2.45) is 5.92 Å². The van der Waals surface area contributed by atoms with Crippen molar-refractivity contribution in [3.63, 3.8) is 0 Å². The minimum Gasteiger partial charge on any atom is -0.475 e. The standard InChI is InChI=1S/C23H22ClN5O.C2HF3O2/c24-20-13-25-23-28-17-6-1-3-14(9-17)7-8-15-10-18(26-21(20)29-23)12-19(11-15)27-22(30)16-4-2-5-16;3-2(4,5)1(6)7/h1,3,6,9-13,16H,2,4-5,7-8H2,(H,27,30)(H2,25,26,28,29);(H,6,7). The first-order chi connectivity index (χ1) is 17.6. The Labute approximate surface area is 215 Å². The van der Waals surface area contributed by atoms with Crippen LogP contribution in [0.25, 0.3) is 0 Å². The highest BCUT2D eigenvalue weighted by Gasteiger charge is 2.38. The molecule has 0 unspecified atom stereocenters. The van der Waals surface area contributed by atoms with Gasteiger partial charge in [0.05, 0.1) is 6.20 Å². The Balaban J connectivity index is 0.000000405. The fourth-order valence-corrected chi connectivity index (χ4v) is 3.91. The lowest BCUT2D eigenvalue weighted by molar-refractivity contribution is -0.192. The van der Waals surface area contributed by atoms with Crippen LogP contribution >= 0.6 is 11.6 Å². The molecule has 37 heavy (non-hydrogen) atoms. The third kappa shape index (κ3) is 7.10. The van der Waals surface area contributed by atoms with E-state index in [2.05, 4.69) is 50.2 Å². The van der Waals surface area contributed by atoms with Gasteiger partial charge in [-0.3, -0.25) is 4.79 Å². The van der Waals surface area contributed by atoms with Crippen molar-refractivity contribution in [1.29, 1.82) is 0 Å². The molecule has 1 aliphatic heterocycles. The fraction of sp³-hybridized carbons (Fsp3) is 0.280. The monoisotopic (exact) mass is 533 g/mol. The zero-order chi connectivity index (χ0) is 26.6. The molecule has 3 aromatic rings. The van der Waals surface area contributed by atoms with Gasteiger partial charge in [-0.1, -0.05) is 30.2 Å². The molecular formula is C25H23ClF3N5O3. The topological polar surface area (TPSA) is 116 Å². The Morgan fingerprint density at radius 3 is 2.41 bits per heavy atom. The summed E-state index contributed by atoms with van der Waals surface area (Å²) in [4.78, 5) is 30.2. The molecule has 8 nitrogen and oxygen atoms in total. The van der Waals surface area contributed by atoms with Gasteiger partial charge in [-0.2, -0.15) is 18.2 Å². The van der Waals surface area contributed by atoms with Crippen molar-refractivity contribution in [3.05, 3.63) is 64.8 Å². The van der Waals surface area contributed by atoms with E-state index in [0.717, 1.165) is 54.7 Å². The van der Waals surface area contributed by atoms with Crippen LogP contribution in [0.15, 0.2) is 48.7 Å². The molecule has 194 valence electrons. The number of carboxylic acid groups (broad SMARTS) is 1. The van der Waals surface area contributed by atoms with Crippen molar-refractivity contribution in [3.8, 4) is 0 Å². The number of carbonyl (C=O) groups excluding carboxylic acids is 1. The van der Waals surface area contributed by atoms with Crippen LogP contribution < -0.4 is 16.0 Å². The van der Waals surface area contributed by atoms with E-state index in [-0.39, 0.29) is 11.8 Å². The lowest BCUT2D eigenvalue weighted by Crippen LogP contribution is -2.28. The summed E-state index contributed by atoms with van der Waals surface area (Å²) >= 11 is 6.34. The maximum absolute atomic E-state index is 12.5. The van der Waals surface area contributed by atoms with E-state index in [1.807, 2.05) is 18.2 Å². The predicted molar refractivity (Wildman–Crippen MR) is 134 cm³/mol. The van der Waals surface area contributed by atoms with Gasteiger partial charge in [0.2, 0.25) is 11.9 Å². The Morgan fingerprint density at radius 2 is 1.73 bits per heavy atom. The van der Waals surface area contributed by atoms with Crippen LogP contribution in [0.1, 0.15) is 30.4 Å². The Morgan fingerprint density at radius 1 is 1.03 bits per heavy atom. The lowest BCUT2D eigenvalue weighted by atomic mass is 9.85. The quantitative estimate of drug-likeness (QED) is 0.315. The SMILES string of the molecule is O=C(Nc1cc2cc(c1)Nc1nc(ncc1Cl)Nc1cccc(c1)CC2)C1CCC1.O=C(O)C(F)(F)F. The average molecular weight is 534 g/mol. The number of aromatic nitrogens is 2. The Bertz CT molecular complexity index is 1310. The first-order valence-electron chi connectivity index (χ1n) is 11.5. The summed E-state index contributed by atoms with van der Waals surface area (Å²) in [5.41, 5.74) is 4.90. The number of benzene rings is 2. The van der Waals surface area contributed by atoms with Crippen molar-refractivity contribution in [1.82, 2.24) is 9.97 Å². The number of rotatable bonds is 2. The minimum absolute atomic E-state index is 0.0986. The van der Waals surface area contributed by atoms with E-state index >= 15 is 0 Å². The van der Waals surface area contributed by atoms with Crippen LogP contribution in [0, 0.1) is 5.92 Å². The first-order valence-corrected chi connectivity index (χ1v) is 11.8. The second-order valence-electron chi connectivity index (χ2n) is 8.68. The summed E-state index contributed by atoms with van der Waals surface area (Å²) < 4.78 is 31.7. The second-order valence-corrected chi connectivity index (χ2v) is 9.09. The maximum Gasteiger partial charge on any atom is 0.490 e. The molecule has 1 aliphatic carbocycles. The zero-order valence-corrected chi connectivity index (χ0v) is 20.2. The summed E-state index contributed by atoms with van der Waals surface area (Å²) in [6, 6.07) is 14.3. The van der Waals surface area contributed by atoms with Gasteiger partial charge in [-0.05, 0) is 67.1 Å². The number of aryl methyl sites for hydroxylation is 2. The van der Waals surface area contributed by atoms with E-state index in [1.165, 1.54) is 5.56 Å². The number of nitrogens with one attached hydrogen (secondary N) is 3. The second kappa shape index (κ2) is 11.0. The van der Waals surface area contributed by atoms with Gasteiger partial charge in [0, 0.05) is 23.0 Å². The molecule has 2 aliphatic rings. The summed E-state index contributed by atoms with van der Waals surface area (Å²) in [7, 11) is 0. The number of hydrogen-bond acceptors (Lipinski definition) is 6. The molecule has 4 N–H and O–H groups in total. The number of alkyl halides is 3. The van der Waals surface area contributed by atoms with Crippen LogP contribution in [0.2, 0.25) is 5.02 Å². The molecule has 0 radical (unpaired) electrons. The molecule has 1 saturated carbocycles. The number of amides is 1. The van der Waals surface area contributed by atoms with Gasteiger partial charge in [0.1, 0.15) is 5.02 Å². The highest BCUT2D eigenvalue weighted by molar-refractivity contribution is 6.32. The van der Waals surface area contributed by atoms with Crippen LogP contribution in [0.3, 0.4) is 0 Å². The molecular weight excluding hydrogens is 511 g/mol. The van der Waals surface area contributed by atoms with Crippen LogP contribution in [-0.4, -0.2) is 33.1 Å². The fourth-order valence-electron chi connectivity index (χ4n) is 3.77. The number of aliphatic carboxylic acids is 1. The summed E-state index contributed by atoms with van der Waals surface area (Å²) in [5.74, 6) is -1.55. The number of anilines is 5. The molecule has 5 rings (SSSR count). The molecule has 1 aromatic heterocycles. The van der Waals surface area contributed by atoms with Gasteiger partial charge in [0.15, 0.2) is 5.82 Å². The summed E-state index contributed by atoms with van der Waals surface area (Å²) in [6.07, 6.45) is 1.30. The Hall–Kier alpha value is -3.86. The minimum atomic E-state index is -5.08. The summed E-state index contributed by atoms with van der Waals surface area (Å²) in [5, 5.41) is 17.2. The highest BCUT2D eigenvalue weighted by atomic mass is 35.5. The molecule has 1 amide bonds. The number of halogens is 4. The van der Waals surface area contributed by atoms with Gasteiger partial charge >= 0.3 is 12.1 Å². The maximum atomic E-state index is 12.5. The van der Waals surface area contributed by atoms with Crippen molar-refractivity contribution >= 4 is 52.3 Å². The first kappa shape index (κ1) is 26.2. The van der Waals surface area contributed by atoms with Crippen LogP contribution in [-0.2, 0) is 22.4 Å². The molecule has 2 heterocycles. The molecule has 1 fully saturated rings. The lowest BCUT2D eigenvalue weighted by Gasteiger charge is -2.24. The van der Waals surface area contributed by atoms with Gasteiger partial charge in [-0.25, -0.2) is 9.78 Å². The smallest absolute Gasteiger partial charge is 0.475 e. The molecule has 0 atom stereocenters. The number of nitrogens with zero attached hydrogens (tertiary/aromatic N) is 2. The number of hydrogen-bond donors (Lipinski definition) is 4. The largest absolute Gasteiger partial charge is 0.490 e. The van der Waals surface area contributed by atoms with E-state index in [4.69, 9.17) is 21.5 Å². The third-order valence-corrected chi connectivity index (χ3v) is 6.15. The van der Waals surface area contributed by atoms with Crippen molar-refractivity contribution < 1.29 is 27.9 Å². The van der Waals surface area contributed by atoms with Crippen LogP contribution in [0.4, 0.5) is 42.0 Å². The van der Waals surface area contributed by atoms with Gasteiger partial charge in [0.25, 0.3) is 0 Å².